The van der Waals surface area contributed by atoms with Crippen molar-refractivity contribution < 1.29 is 38.0 Å². The van der Waals surface area contributed by atoms with E-state index in [4.69, 9.17) is 9.05 Å². The number of likely N-dealkylation sites (N-methyl/N-ethyl adjacent to an activating group) is 1. The smallest absolute Gasteiger partial charge is 0.390 e. The van der Waals surface area contributed by atoms with E-state index >= 15 is 0 Å². The molecule has 1 amide bonds. The van der Waals surface area contributed by atoms with Crippen LogP contribution in [0.1, 0.15) is 123 Å². The van der Waals surface area contributed by atoms with Gasteiger partial charge in [0.05, 0.1) is 39.9 Å². The van der Waals surface area contributed by atoms with Crippen LogP contribution in [0.15, 0.2) is 97.2 Å². The molecule has 0 bridgehead atoms. The number of phosphoric ester groups is 1. The second-order valence-corrected chi connectivity index (χ2v) is 16.2. The van der Waals surface area contributed by atoms with Crippen LogP contribution in [-0.2, 0) is 18.4 Å². The van der Waals surface area contributed by atoms with Gasteiger partial charge in [-0.3, -0.25) is 13.8 Å². The maximum Gasteiger partial charge on any atom is 0.472 e. The number of hydrogen-bond acceptors (Lipinski definition) is 6. The number of aliphatic hydroxyl groups excluding tert-OH is 2. The van der Waals surface area contributed by atoms with Gasteiger partial charge in [0.2, 0.25) is 5.91 Å². The largest absolute Gasteiger partial charge is 0.472 e. The topological polar surface area (TPSA) is 125 Å². The van der Waals surface area contributed by atoms with E-state index in [0.29, 0.717) is 30.3 Å². The zero-order chi connectivity index (χ0) is 40.9. The highest BCUT2D eigenvalue weighted by Crippen LogP contribution is 2.43. The summed E-state index contributed by atoms with van der Waals surface area (Å²) in [6.07, 6.45) is 46.3. The zero-order valence-electron chi connectivity index (χ0n) is 35.0. The summed E-state index contributed by atoms with van der Waals surface area (Å²) in [5, 5.41) is 24.5. The molecule has 0 saturated heterocycles. The van der Waals surface area contributed by atoms with Gasteiger partial charge in [-0.05, 0) is 89.9 Å². The summed E-state index contributed by atoms with van der Waals surface area (Å²) in [5.41, 5.74) is 0. The van der Waals surface area contributed by atoms with Crippen LogP contribution in [-0.4, -0.2) is 84.6 Å². The highest BCUT2D eigenvalue weighted by Gasteiger charge is 2.31. The number of phosphoric acid groups is 1. The summed E-state index contributed by atoms with van der Waals surface area (Å²) in [6, 6.07) is -1.10. The average Bonchev–Trinajstić information content (AvgIpc) is 3.13. The lowest BCUT2D eigenvalue weighted by atomic mass is 10.0. The SMILES string of the molecule is CC/C=C\C/C=C\C/C=C\C/C=C\C/C=C\C/C=C\CCC(=O)NC(COP(=O)(O)OCC[N+](C)(C)C)C(O)C(O)CCC/C=C/CC/C=C/CCCCC. The zero-order valence-corrected chi connectivity index (χ0v) is 35.9. The lowest BCUT2D eigenvalue weighted by Crippen LogP contribution is -2.51. The van der Waals surface area contributed by atoms with Crippen LogP contribution in [0.25, 0.3) is 0 Å². The van der Waals surface area contributed by atoms with Gasteiger partial charge in [-0.25, -0.2) is 4.57 Å². The maximum absolute atomic E-state index is 12.8. The number of amides is 1. The number of nitrogens with zero attached hydrogens (tertiary/aromatic N) is 1. The van der Waals surface area contributed by atoms with E-state index in [0.717, 1.165) is 64.2 Å². The molecule has 10 heteroatoms. The molecule has 0 rings (SSSR count). The first-order chi connectivity index (χ1) is 26.4. The second kappa shape index (κ2) is 35.8. The fourth-order valence-corrected chi connectivity index (χ4v) is 5.80. The molecule has 0 aromatic rings. The van der Waals surface area contributed by atoms with E-state index in [1.807, 2.05) is 33.3 Å². The maximum atomic E-state index is 12.8. The third-order valence-electron chi connectivity index (χ3n) is 8.40. The molecule has 0 radical (unpaired) electrons. The van der Waals surface area contributed by atoms with E-state index in [-0.39, 0.29) is 18.9 Å². The Kier molecular flexibility index (Phi) is 34.1. The number of carbonyl (C=O) groups excluding carboxylic acids is 1. The molecule has 0 aromatic heterocycles. The summed E-state index contributed by atoms with van der Waals surface area (Å²) in [4.78, 5) is 23.1. The highest BCUT2D eigenvalue weighted by atomic mass is 31.2. The van der Waals surface area contributed by atoms with Crippen LogP contribution in [0.4, 0.5) is 0 Å². The van der Waals surface area contributed by atoms with Crippen molar-refractivity contribution in [2.75, 3.05) is 40.9 Å². The summed E-state index contributed by atoms with van der Waals surface area (Å²) in [7, 11) is 1.34. The molecule has 55 heavy (non-hydrogen) atoms. The van der Waals surface area contributed by atoms with Gasteiger partial charge >= 0.3 is 7.82 Å². The third-order valence-corrected chi connectivity index (χ3v) is 9.38. The first-order valence-electron chi connectivity index (χ1n) is 20.7. The molecule has 0 spiro atoms. The Bertz CT molecular complexity index is 1230. The third kappa shape index (κ3) is 36.8. The predicted octanol–water partition coefficient (Wildman–Crippen LogP) is 10.2. The molecular weight excluding hydrogens is 711 g/mol. The lowest BCUT2D eigenvalue weighted by molar-refractivity contribution is -0.870. The number of rotatable bonds is 35. The molecule has 0 aromatic carbocycles. The molecule has 0 aliphatic carbocycles. The molecule has 9 nitrogen and oxygen atoms in total. The van der Waals surface area contributed by atoms with Crippen molar-refractivity contribution in [3.05, 3.63) is 97.2 Å². The quantitative estimate of drug-likeness (QED) is 0.0218. The Morgan fingerprint density at radius 1 is 0.655 bits per heavy atom. The number of hydrogen-bond donors (Lipinski definition) is 4. The minimum absolute atomic E-state index is 0.00575. The molecular formula is C45H78N2O7P+. The van der Waals surface area contributed by atoms with Crippen molar-refractivity contribution >= 4 is 13.7 Å². The van der Waals surface area contributed by atoms with E-state index in [1.165, 1.54) is 19.3 Å². The van der Waals surface area contributed by atoms with Gasteiger partial charge in [-0.15, -0.1) is 0 Å². The molecule has 4 atom stereocenters. The van der Waals surface area contributed by atoms with Gasteiger partial charge < -0.3 is 24.9 Å². The van der Waals surface area contributed by atoms with E-state index in [2.05, 4.69) is 104 Å². The normalized spacial score (nSPS) is 16.0. The minimum Gasteiger partial charge on any atom is -0.390 e. The van der Waals surface area contributed by atoms with Crippen LogP contribution in [0.2, 0.25) is 0 Å². The van der Waals surface area contributed by atoms with Crippen LogP contribution >= 0.6 is 7.82 Å². The van der Waals surface area contributed by atoms with Crippen LogP contribution < -0.4 is 5.32 Å². The molecule has 0 saturated carbocycles. The van der Waals surface area contributed by atoms with Crippen molar-refractivity contribution in [3.8, 4) is 0 Å². The monoisotopic (exact) mass is 790 g/mol. The van der Waals surface area contributed by atoms with Crippen LogP contribution in [0.3, 0.4) is 0 Å². The van der Waals surface area contributed by atoms with Crippen molar-refractivity contribution in [2.24, 2.45) is 0 Å². The Balaban J connectivity index is 4.77. The number of aliphatic hydroxyl groups is 2. The number of quaternary nitrogens is 1. The second-order valence-electron chi connectivity index (χ2n) is 14.7. The fourth-order valence-electron chi connectivity index (χ4n) is 5.06. The predicted molar refractivity (Wildman–Crippen MR) is 232 cm³/mol. The van der Waals surface area contributed by atoms with E-state index in [1.54, 1.807) is 0 Å². The number of carbonyl (C=O) groups is 1. The highest BCUT2D eigenvalue weighted by molar-refractivity contribution is 7.47. The molecule has 0 heterocycles. The Morgan fingerprint density at radius 3 is 1.64 bits per heavy atom. The van der Waals surface area contributed by atoms with Gasteiger partial charge in [-0.1, -0.05) is 124 Å². The number of nitrogens with one attached hydrogen (secondary N) is 1. The number of allylic oxidation sites excluding steroid dienone is 16. The van der Waals surface area contributed by atoms with E-state index in [9.17, 15) is 24.5 Å². The first kappa shape index (κ1) is 52.4. The van der Waals surface area contributed by atoms with Gasteiger partial charge in [0.15, 0.2) is 0 Å². The standard InChI is InChI=1S/C45H77N2O7P/c1-6-8-10-12-14-16-18-20-21-22-23-24-25-26-28-30-32-34-36-38-44(49)46-42(41-54-55(51,52)53-40-39-47(3,4)5)45(50)43(48)37-35-33-31-29-27-19-17-15-13-11-9-7-2/h8,10,14-17,20-21,23-24,26,28-29,31-32,34,42-43,45,48,50H,6-7,9,11-13,18-19,22,25,27,30,33,35-41H2,1-5H3,(H-,46,49,51,52)/p+1/b10-8-,16-14-,17-15+,21-20-,24-23-,28-26-,31-29+,34-32-. The number of unbranched alkanes of at least 4 members (excludes halogenated alkanes) is 5. The summed E-state index contributed by atoms with van der Waals surface area (Å²) >= 11 is 0. The van der Waals surface area contributed by atoms with Gasteiger partial charge in [0, 0.05) is 6.42 Å². The molecule has 314 valence electrons. The first-order valence-corrected chi connectivity index (χ1v) is 22.2. The average molecular weight is 790 g/mol. The van der Waals surface area contributed by atoms with Crippen LogP contribution in [0.5, 0.6) is 0 Å². The summed E-state index contributed by atoms with van der Waals surface area (Å²) in [5.74, 6) is -0.361. The van der Waals surface area contributed by atoms with Gasteiger partial charge in [0.1, 0.15) is 19.3 Å². The van der Waals surface area contributed by atoms with Crippen molar-refractivity contribution in [1.82, 2.24) is 5.32 Å². The Hall–Kier alpha value is -2.62. The van der Waals surface area contributed by atoms with Crippen molar-refractivity contribution in [1.29, 1.82) is 0 Å². The molecule has 0 fully saturated rings. The summed E-state index contributed by atoms with van der Waals surface area (Å²) in [6.45, 7) is 4.33. The molecule has 4 unspecified atom stereocenters. The molecule has 4 N–H and O–H groups in total. The fraction of sp³-hybridized carbons (Fsp3) is 0.622. The summed E-state index contributed by atoms with van der Waals surface area (Å²) < 4.78 is 23.4. The molecule has 0 aliphatic rings. The van der Waals surface area contributed by atoms with Crippen molar-refractivity contribution in [2.45, 2.75) is 141 Å². The van der Waals surface area contributed by atoms with Crippen LogP contribution in [0, 0.1) is 0 Å². The lowest BCUT2D eigenvalue weighted by Gasteiger charge is -2.28. The Morgan fingerprint density at radius 2 is 1.13 bits per heavy atom. The molecule has 0 aliphatic heterocycles. The van der Waals surface area contributed by atoms with E-state index < -0.39 is 32.7 Å². The minimum atomic E-state index is -4.45. The van der Waals surface area contributed by atoms with Crippen molar-refractivity contribution in [3.63, 3.8) is 0 Å². The Labute approximate surface area is 335 Å². The van der Waals surface area contributed by atoms with Gasteiger partial charge in [-0.2, -0.15) is 0 Å². The van der Waals surface area contributed by atoms with Gasteiger partial charge in [0.25, 0.3) is 0 Å².